The van der Waals surface area contributed by atoms with Crippen molar-refractivity contribution in [2.24, 2.45) is 10.9 Å². The second-order valence-corrected chi connectivity index (χ2v) is 5.48. The molecule has 0 heterocycles. The molecule has 2 aromatic rings. The molecule has 3 N–H and O–H groups in total. The quantitative estimate of drug-likeness (QED) is 0.296. The van der Waals surface area contributed by atoms with Crippen LogP contribution in [-0.2, 0) is 5.75 Å². The van der Waals surface area contributed by atoms with E-state index in [1.165, 1.54) is 23.9 Å². The van der Waals surface area contributed by atoms with Gasteiger partial charge < -0.3 is 10.9 Å². The number of thioether (sulfide) groups is 1. The fourth-order valence-electron chi connectivity index (χ4n) is 1.66. The lowest BCUT2D eigenvalue weighted by Crippen LogP contribution is -2.13. The van der Waals surface area contributed by atoms with E-state index in [1.807, 2.05) is 18.2 Å². The van der Waals surface area contributed by atoms with Gasteiger partial charge in [-0.15, -0.1) is 11.8 Å². The van der Waals surface area contributed by atoms with Crippen molar-refractivity contribution < 1.29 is 9.60 Å². The van der Waals surface area contributed by atoms with Crippen molar-refractivity contribution in [3.8, 4) is 0 Å². The number of oxime groups is 1. The summed E-state index contributed by atoms with van der Waals surface area (Å²) in [4.78, 5) is 0.920. The van der Waals surface area contributed by atoms with Gasteiger partial charge in [-0.3, -0.25) is 0 Å². The van der Waals surface area contributed by atoms with Gasteiger partial charge in [-0.05, 0) is 35.9 Å². The van der Waals surface area contributed by atoms with Crippen LogP contribution in [0.5, 0.6) is 0 Å². The number of amidine groups is 1. The summed E-state index contributed by atoms with van der Waals surface area (Å²) >= 11 is 7.55. The van der Waals surface area contributed by atoms with E-state index in [0.29, 0.717) is 16.3 Å². The summed E-state index contributed by atoms with van der Waals surface area (Å²) in [5.74, 6) is -0.00920. The Labute approximate surface area is 125 Å². The molecule has 0 aromatic heterocycles. The predicted molar refractivity (Wildman–Crippen MR) is 79.9 cm³/mol. The van der Waals surface area contributed by atoms with Crippen LogP contribution >= 0.6 is 23.4 Å². The Kier molecular flexibility index (Phi) is 4.87. The minimum atomic E-state index is -0.427. The van der Waals surface area contributed by atoms with Crippen molar-refractivity contribution in [3.05, 3.63) is 64.4 Å². The third-order valence-electron chi connectivity index (χ3n) is 2.59. The average molecular weight is 311 g/mol. The Balaban J connectivity index is 2.18. The summed E-state index contributed by atoms with van der Waals surface area (Å²) in [5.41, 5.74) is 6.55. The molecule has 104 valence electrons. The van der Waals surface area contributed by atoms with Gasteiger partial charge in [0.25, 0.3) is 0 Å². The molecule has 0 bridgehead atoms. The maximum absolute atomic E-state index is 13.5. The van der Waals surface area contributed by atoms with Gasteiger partial charge in [-0.25, -0.2) is 4.39 Å². The van der Waals surface area contributed by atoms with Crippen LogP contribution in [0, 0.1) is 5.82 Å². The van der Waals surface area contributed by atoms with Gasteiger partial charge in [0.15, 0.2) is 5.84 Å². The largest absolute Gasteiger partial charge is 0.409 e. The number of halogens is 2. The SMILES string of the molecule is N/C(=N/O)c1cc(F)cc(CSc2ccccc2Cl)c1. The number of nitrogens with two attached hydrogens (primary N) is 1. The van der Waals surface area contributed by atoms with Gasteiger partial charge in [-0.1, -0.05) is 28.9 Å². The lowest BCUT2D eigenvalue weighted by Gasteiger charge is -2.06. The smallest absolute Gasteiger partial charge is 0.170 e. The minimum absolute atomic E-state index is 0.117. The highest BCUT2D eigenvalue weighted by Crippen LogP contribution is 2.29. The molecule has 0 amide bonds. The highest BCUT2D eigenvalue weighted by atomic mass is 35.5. The van der Waals surface area contributed by atoms with Gasteiger partial charge >= 0.3 is 0 Å². The third-order valence-corrected chi connectivity index (χ3v) is 4.18. The Morgan fingerprint density at radius 3 is 2.75 bits per heavy atom. The van der Waals surface area contributed by atoms with Crippen molar-refractivity contribution in [3.63, 3.8) is 0 Å². The topological polar surface area (TPSA) is 58.6 Å². The molecule has 0 fully saturated rings. The monoisotopic (exact) mass is 310 g/mol. The van der Waals surface area contributed by atoms with Crippen LogP contribution in [0.3, 0.4) is 0 Å². The van der Waals surface area contributed by atoms with Gasteiger partial charge in [-0.2, -0.15) is 0 Å². The van der Waals surface area contributed by atoms with E-state index in [0.717, 1.165) is 10.5 Å². The van der Waals surface area contributed by atoms with E-state index >= 15 is 0 Å². The van der Waals surface area contributed by atoms with Gasteiger partial charge in [0, 0.05) is 16.2 Å². The molecule has 0 radical (unpaired) electrons. The molecule has 6 heteroatoms. The van der Waals surface area contributed by atoms with Gasteiger partial charge in [0.05, 0.1) is 5.02 Å². The van der Waals surface area contributed by atoms with Crippen molar-refractivity contribution >= 4 is 29.2 Å². The molecule has 20 heavy (non-hydrogen) atoms. The van der Waals surface area contributed by atoms with Crippen LogP contribution in [0.1, 0.15) is 11.1 Å². The Hall–Kier alpha value is -1.72. The van der Waals surface area contributed by atoms with E-state index in [4.69, 9.17) is 22.5 Å². The molecule has 2 aromatic carbocycles. The van der Waals surface area contributed by atoms with Crippen molar-refractivity contribution in [1.82, 2.24) is 0 Å². The standard InChI is InChI=1S/C14H12ClFN2OS/c15-12-3-1-2-4-13(12)20-8-9-5-10(14(17)18-19)7-11(16)6-9/h1-7,19H,8H2,(H2,17,18). The molecule has 0 aliphatic heterocycles. The van der Waals surface area contributed by atoms with Crippen LogP contribution in [0.2, 0.25) is 5.02 Å². The van der Waals surface area contributed by atoms with E-state index in [1.54, 1.807) is 12.1 Å². The molecule has 0 aliphatic rings. The molecule has 0 saturated carbocycles. The first-order chi connectivity index (χ1) is 9.60. The molecule has 2 rings (SSSR count). The van der Waals surface area contributed by atoms with Crippen molar-refractivity contribution in [2.45, 2.75) is 10.6 Å². The summed E-state index contributed by atoms with van der Waals surface area (Å²) in [5, 5.41) is 12.2. The Bertz CT molecular complexity index is 649. The van der Waals surface area contributed by atoms with E-state index in [-0.39, 0.29) is 5.84 Å². The van der Waals surface area contributed by atoms with Crippen LogP contribution < -0.4 is 5.73 Å². The number of hydrogen-bond acceptors (Lipinski definition) is 3. The zero-order valence-electron chi connectivity index (χ0n) is 10.4. The van der Waals surface area contributed by atoms with Crippen LogP contribution in [-0.4, -0.2) is 11.0 Å². The second-order valence-electron chi connectivity index (χ2n) is 4.05. The highest BCUT2D eigenvalue weighted by Gasteiger charge is 2.06. The summed E-state index contributed by atoms with van der Waals surface area (Å²) < 4.78 is 13.5. The van der Waals surface area contributed by atoms with Crippen molar-refractivity contribution in [2.75, 3.05) is 0 Å². The maximum Gasteiger partial charge on any atom is 0.170 e. The number of hydrogen-bond donors (Lipinski definition) is 2. The maximum atomic E-state index is 13.5. The van der Waals surface area contributed by atoms with Crippen LogP contribution in [0.15, 0.2) is 52.5 Å². The van der Waals surface area contributed by atoms with E-state index in [2.05, 4.69) is 5.16 Å². The number of benzene rings is 2. The lowest BCUT2D eigenvalue weighted by atomic mass is 10.1. The first-order valence-electron chi connectivity index (χ1n) is 5.75. The first kappa shape index (κ1) is 14.7. The number of nitrogens with zero attached hydrogens (tertiary/aromatic N) is 1. The molecule has 0 aliphatic carbocycles. The van der Waals surface area contributed by atoms with Gasteiger partial charge in [0.2, 0.25) is 0 Å². The zero-order chi connectivity index (χ0) is 14.5. The predicted octanol–water partition coefficient (Wildman–Crippen LogP) is 3.87. The molecule has 0 saturated heterocycles. The average Bonchev–Trinajstić information content (AvgIpc) is 2.45. The zero-order valence-corrected chi connectivity index (χ0v) is 12.0. The fourth-order valence-corrected chi connectivity index (χ4v) is 2.83. The molecule has 3 nitrogen and oxygen atoms in total. The second kappa shape index (κ2) is 6.63. The minimum Gasteiger partial charge on any atom is -0.409 e. The summed E-state index contributed by atoms with van der Waals surface area (Å²) in [6.45, 7) is 0. The summed E-state index contributed by atoms with van der Waals surface area (Å²) in [7, 11) is 0. The van der Waals surface area contributed by atoms with E-state index < -0.39 is 5.82 Å². The Morgan fingerprint density at radius 1 is 1.30 bits per heavy atom. The van der Waals surface area contributed by atoms with Crippen LogP contribution in [0.4, 0.5) is 4.39 Å². The fraction of sp³-hybridized carbons (Fsp3) is 0.0714. The Morgan fingerprint density at radius 2 is 2.05 bits per heavy atom. The molecule has 0 spiro atoms. The van der Waals surface area contributed by atoms with E-state index in [9.17, 15) is 4.39 Å². The number of rotatable bonds is 4. The molecule has 0 unspecified atom stereocenters. The lowest BCUT2D eigenvalue weighted by molar-refractivity contribution is 0.318. The molecule has 0 atom stereocenters. The highest BCUT2D eigenvalue weighted by molar-refractivity contribution is 7.98. The summed E-state index contributed by atoms with van der Waals surface area (Å²) in [6, 6.07) is 11.8. The normalized spacial score (nSPS) is 11.6. The molecular formula is C14H12ClFN2OS. The van der Waals surface area contributed by atoms with Crippen molar-refractivity contribution in [1.29, 1.82) is 0 Å². The summed E-state index contributed by atoms with van der Waals surface area (Å²) in [6.07, 6.45) is 0. The first-order valence-corrected chi connectivity index (χ1v) is 7.11. The van der Waals surface area contributed by atoms with Crippen LogP contribution in [0.25, 0.3) is 0 Å². The molecular weight excluding hydrogens is 299 g/mol. The van der Waals surface area contributed by atoms with Gasteiger partial charge in [0.1, 0.15) is 5.82 Å². The third kappa shape index (κ3) is 3.65.